The highest BCUT2D eigenvalue weighted by atomic mass is 16.8. The molecule has 0 aromatic heterocycles. The maximum absolute atomic E-state index is 16.7. The zero-order valence-corrected chi connectivity index (χ0v) is 65.5. The van der Waals surface area contributed by atoms with Gasteiger partial charge in [-0.05, 0) is 179 Å². The van der Waals surface area contributed by atoms with Crippen LogP contribution >= 0.6 is 0 Å². The van der Waals surface area contributed by atoms with Crippen LogP contribution in [0.15, 0.2) is 103 Å². The molecule has 17 nitrogen and oxygen atoms in total. The van der Waals surface area contributed by atoms with Crippen LogP contribution in [-0.4, -0.2) is 131 Å². The molecule has 3 aromatic rings. The van der Waals surface area contributed by atoms with E-state index in [4.69, 9.17) is 56.8 Å². The topological polar surface area (TPSA) is 186 Å². The van der Waals surface area contributed by atoms with Crippen molar-refractivity contribution in [1.29, 1.82) is 0 Å². The van der Waals surface area contributed by atoms with E-state index in [1.165, 1.54) is 31.3 Å². The van der Waals surface area contributed by atoms with Crippen molar-refractivity contribution in [3.63, 3.8) is 0 Å². The molecule has 103 heavy (non-hydrogen) atoms. The fraction of sp³-hybridized carbons (Fsp3) is 0.733. The van der Waals surface area contributed by atoms with Gasteiger partial charge >= 0.3 is 12.1 Å². The fourth-order valence-corrected chi connectivity index (χ4v) is 20.8. The number of methoxy groups -OCH3 is 1. The summed E-state index contributed by atoms with van der Waals surface area (Å²) in [7, 11) is 1.62. The van der Waals surface area contributed by atoms with Crippen LogP contribution in [0.4, 0.5) is 4.79 Å². The number of hydrogen-bond donors (Lipinski definition) is 2. The number of esters is 1. The minimum atomic E-state index is -1.28. The average Bonchev–Trinajstić information content (AvgIpc) is 0.670. The van der Waals surface area contributed by atoms with Gasteiger partial charge in [-0.2, -0.15) is 0 Å². The normalized spacial score (nSPS) is 38.3. The third kappa shape index (κ3) is 16.9. The molecular weight excluding hydrogens is 1300 g/mol. The Kier molecular flexibility index (Phi) is 25.4. The lowest BCUT2D eigenvalue weighted by molar-refractivity contribution is -0.370. The fourth-order valence-electron chi connectivity index (χ4n) is 20.8. The molecule has 11 unspecified atom stereocenters. The molecule has 0 bridgehead atoms. The standard InChI is InChI=1S/C86H128N2O15/c1-18-94-73-72(101-75-57(5)70(96-51-61-35-27-21-28-36-61)65(53-97-75)95-50-60-33-25-20-26-34-60)58(6)98-77(74(73)92-17)100-71-56(4)69(88-68(89)37-29-22-30-46-87-79(91)103-80(7,8)9)64(52-93-49-59-31-23-19-24-32-59)99-76(71)102-78(90)86-45-44-81(10,11)48-63(86)62-38-39-67-83(14)42-40-54(2)82(12,13)66(83)41-43-84(67,15)85(62,16)47-55(86)3/h19-21,23-28,31-36,38,54-58,63-67,69-77H,18,22,29-30,37,39-53H2,1-17H3,(H,87,91)(H,88,89)/t54-,55+,56?,57?,58+,63?,64?,65+,66-,67?,69+,70?,71?,72-,73?,74?,75-,76-,77?,83?,84+,85+,86-/m0/s1. The summed E-state index contributed by atoms with van der Waals surface area (Å²) in [5.41, 5.74) is 3.42. The smallest absolute Gasteiger partial charge is 0.407 e. The van der Waals surface area contributed by atoms with Gasteiger partial charge in [-0.25, -0.2) is 4.79 Å². The highest BCUT2D eigenvalue weighted by molar-refractivity contribution is 5.79. The largest absolute Gasteiger partial charge is 0.444 e. The summed E-state index contributed by atoms with van der Waals surface area (Å²) in [5.74, 6) is 0.461. The van der Waals surface area contributed by atoms with Crippen molar-refractivity contribution >= 4 is 18.0 Å². The summed E-state index contributed by atoms with van der Waals surface area (Å²) in [6, 6.07) is 29.5. The molecule has 8 aliphatic rings. The number of carbonyl (C=O) groups is 3. The van der Waals surface area contributed by atoms with E-state index in [0.29, 0.717) is 76.4 Å². The SMILES string of the molecule is CCOC1C(OC)C(OC2C(C)[C@@H](NC(=O)CCCCCNC(=O)OC(C)(C)C)C(COCc3ccccc3)O[C@H]2OC(=O)[C@]23CCC(C)(C)CC2C2=CCC4C5(C)CC[C@H](C)C(C)(C)[C@@H]5CC[C@@]4(C)[C@]2(C)C[C@H]3C)O[C@H](C)[C@@H]1O[C@@H]1OC[C@@H](OCc2ccccc2)C(OCc2ccccc2)C1C. The van der Waals surface area contributed by atoms with Gasteiger partial charge in [0, 0.05) is 38.5 Å². The third-order valence-electron chi connectivity index (χ3n) is 27.0. The van der Waals surface area contributed by atoms with Crippen LogP contribution in [0.2, 0.25) is 0 Å². The monoisotopic (exact) mass is 1430 g/mol. The molecule has 3 heterocycles. The van der Waals surface area contributed by atoms with Gasteiger partial charge < -0.3 is 67.5 Å². The first-order valence-corrected chi connectivity index (χ1v) is 39.4. The quantitative estimate of drug-likeness (QED) is 0.0439. The van der Waals surface area contributed by atoms with E-state index in [9.17, 15) is 9.59 Å². The Bertz CT molecular complexity index is 3290. The Labute approximate surface area is 617 Å². The molecule has 3 aromatic carbocycles. The van der Waals surface area contributed by atoms with E-state index < -0.39 is 96.8 Å². The number of hydrogen-bond acceptors (Lipinski definition) is 15. The maximum atomic E-state index is 16.7. The second-order valence-electron chi connectivity index (χ2n) is 35.5. The Balaban J connectivity index is 0.894. The Morgan fingerprint density at radius 1 is 0.631 bits per heavy atom. The molecule has 4 saturated carbocycles. The number of alkyl carbamates (subject to hydrolysis) is 1. The van der Waals surface area contributed by atoms with Crippen LogP contribution in [0, 0.1) is 73.9 Å². The van der Waals surface area contributed by atoms with E-state index in [1.807, 2.05) is 120 Å². The Morgan fingerprint density at radius 3 is 1.93 bits per heavy atom. The van der Waals surface area contributed by atoms with E-state index in [2.05, 4.69) is 98.1 Å². The van der Waals surface area contributed by atoms with Gasteiger partial charge in [0.1, 0.15) is 42.2 Å². The van der Waals surface area contributed by atoms with Crippen molar-refractivity contribution in [2.75, 3.05) is 33.5 Å². The minimum Gasteiger partial charge on any atom is -0.444 e. The lowest BCUT2D eigenvalue weighted by atomic mass is 9.32. The molecule has 11 rings (SSSR count). The summed E-state index contributed by atoms with van der Waals surface area (Å²) in [5, 5.41) is 6.24. The van der Waals surface area contributed by atoms with Crippen LogP contribution in [0.1, 0.15) is 211 Å². The van der Waals surface area contributed by atoms with Crippen LogP contribution < -0.4 is 10.6 Å². The molecule has 2 amide bonds. The van der Waals surface area contributed by atoms with Crippen LogP contribution in [0.5, 0.6) is 0 Å². The number of unbranched alkanes of at least 4 members (excludes halogenated alkanes) is 2. The molecular formula is C86H128N2O15. The van der Waals surface area contributed by atoms with Crippen LogP contribution in [0.3, 0.4) is 0 Å². The molecule has 0 spiro atoms. The van der Waals surface area contributed by atoms with Gasteiger partial charge in [-0.15, -0.1) is 0 Å². The summed E-state index contributed by atoms with van der Waals surface area (Å²) in [6.45, 7) is 38.2. The third-order valence-corrected chi connectivity index (χ3v) is 27.0. The first kappa shape index (κ1) is 79.3. The average molecular weight is 1430 g/mol. The second kappa shape index (κ2) is 33.0. The number of amides is 2. The number of allylic oxidation sites excluding steroid dienone is 2. The molecule has 5 aliphatic carbocycles. The van der Waals surface area contributed by atoms with Gasteiger partial charge in [0.25, 0.3) is 0 Å². The van der Waals surface area contributed by atoms with E-state index in [-0.39, 0.29) is 76.3 Å². The van der Waals surface area contributed by atoms with Gasteiger partial charge in [0.2, 0.25) is 12.2 Å². The van der Waals surface area contributed by atoms with Crippen molar-refractivity contribution in [3.05, 3.63) is 119 Å². The summed E-state index contributed by atoms with van der Waals surface area (Å²) < 4.78 is 81.7. The lowest BCUT2D eigenvalue weighted by Crippen LogP contribution is -2.67. The first-order valence-electron chi connectivity index (χ1n) is 39.4. The van der Waals surface area contributed by atoms with E-state index in [0.717, 1.165) is 42.4 Å². The zero-order valence-electron chi connectivity index (χ0n) is 65.5. The van der Waals surface area contributed by atoms with Crippen molar-refractivity contribution in [2.45, 2.75) is 293 Å². The Morgan fingerprint density at radius 2 is 1.28 bits per heavy atom. The van der Waals surface area contributed by atoms with Crippen LogP contribution in [-0.2, 0) is 86.3 Å². The van der Waals surface area contributed by atoms with Crippen molar-refractivity contribution < 1.29 is 71.2 Å². The van der Waals surface area contributed by atoms with Gasteiger partial charge in [0.05, 0.1) is 56.7 Å². The number of benzene rings is 3. The summed E-state index contributed by atoms with van der Waals surface area (Å²) >= 11 is 0. The van der Waals surface area contributed by atoms with E-state index in [1.54, 1.807) is 7.11 Å². The Hall–Kier alpha value is -4.79. The predicted molar refractivity (Wildman–Crippen MR) is 397 cm³/mol. The van der Waals surface area contributed by atoms with Crippen LogP contribution in [0.25, 0.3) is 0 Å². The van der Waals surface area contributed by atoms with E-state index >= 15 is 4.79 Å². The first-order chi connectivity index (χ1) is 49.0. The highest BCUT2D eigenvalue weighted by Gasteiger charge is 2.71. The zero-order chi connectivity index (χ0) is 73.9. The molecule has 2 N–H and O–H groups in total. The van der Waals surface area contributed by atoms with Crippen molar-refractivity contribution in [2.24, 2.45) is 73.9 Å². The van der Waals surface area contributed by atoms with Crippen molar-refractivity contribution in [3.8, 4) is 0 Å². The van der Waals surface area contributed by atoms with Gasteiger partial charge in [-0.3, -0.25) is 9.59 Å². The number of fused-ring (bicyclic) bond motifs is 7. The van der Waals surface area contributed by atoms with Crippen molar-refractivity contribution in [1.82, 2.24) is 10.6 Å². The minimum absolute atomic E-state index is 0.0233. The van der Waals surface area contributed by atoms with Gasteiger partial charge in [0.15, 0.2) is 12.6 Å². The number of nitrogens with one attached hydrogen (secondary N) is 2. The van der Waals surface area contributed by atoms with Gasteiger partial charge in [-0.1, -0.05) is 185 Å². The number of rotatable bonds is 26. The second-order valence-corrected chi connectivity index (χ2v) is 35.5. The highest BCUT2D eigenvalue weighted by Crippen LogP contribution is 2.77. The molecule has 7 fully saturated rings. The molecule has 0 radical (unpaired) electrons. The molecule has 572 valence electrons. The number of carbonyl (C=O) groups excluding carboxylic acids is 3. The number of ether oxygens (including phenoxy) is 12. The molecule has 17 heteroatoms. The summed E-state index contributed by atoms with van der Waals surface area (Å²) in [6.07, 6.45) is 4.81. The maximum Gasteiger partial charge on any atom is 0.407 e. The molecule has 3 aliphatic heterocycles. The predicted octanol–water partition coefficient (Wildman–Crippen LogP) is 16.5. The lowest BCUT2D eigenvalue weighted by Gasteiger charge is -2.72. The summed E-state index contributed by atoms with van der Waals surface area (Å²) in [4.78, 5) is 43.7. The molecule has 3 saturated heterocycles. The molecule has 23 atom stereocenters.